The van der Waals surface area contributed by atoms with Gasteiger partial charge in [-0.25, -0.2) is 4.99 Å². The van der Waals surface area contributed by atoms with Crippen LogP contribution >= 0.6 is 0 Å². The van der Waals surface area contributed by atoms with Gasteiger partial charge in [0.1, 0.15) is 5.71 Å². The summed E-state index contributed by atoms with van der Waals surface area (Å²) in [5, 5.41) is 0. The van der Waals surface area contributed by atoms with E-state index in [1.165, 1.54) is 462 Å². The fourth-order valence-corrected chi connectivity index (χ4v) is 15.4. The summed E-state index contributed by atoms with van der Waals surface area (Å²) in [6, 6.07) is 17.2. The molecule has 0 aliphatic rings. The maximum atomic E-state index is 5.46. The molecule has 0 aromatic heterocycles. The van der Waals surface area contributed by atoms with Gasteiger partial charge in [0.05, 0.1) is 17.1 Å². The second-order valence-corrected chi connectivity index (χ2v) is 32.8. The van der Waals surface area contributed by atoms with E-state index in [9.17, 15) is 0 Å². The van der Waals surface area contributed by atoms with E-state index in [1.54, 1.807) is 0 Å². The van der Waals surface area contributed by atoms with Crippen LogP contribution in [-0.4, -0.2) is 11.4 Å². The Bertz CT molecular complexity index is 2350. The Hall–Kier alpha value is -3.54. The van der Waals surface area contributed by atoms with Crippen LogP contribution in [0, 0.1) is 35.5 Å². The number of benzene rings is 2. The maximum absolute atomic E-state index is 5.46. The molecule has 0 spiro atoms. The lowest BCUT2D eigenvalue weighted by Crippen LogP contribution is -2.12. The number of aliphatic imine (C=N–C) groups is 2. The number of nitrogens with zero attached hydrogens (tertiary/aromatic N) is 2. The molecule has 2 aromatic carbocycles. The van der Waals surface area contributed by atoms with Gasteiger partial charge >= 0.3 is 0 Å². The van der Waals surface area contributed by atoms with Gasteiger partial charge in [-0.3, -0.25) is 4.99 Å². The van der Waals surface area contributed by atoms with E-state index in [1.807, 2.05) is 0 Å². The first-order valence-electron chi connectivity index (χ1n) is 47.5. The van der Waals surface area contributed by atoms with Gasteiger partial charge in [0, 0.05) is 30.4 Å². The lowest BCUT2D eigenvalue weighted by Gasteiger charge is -2.08. The molecular formula is C102H176N2. The van der Waals surface area contributed by atoms with E-state index in [-0.39, 0.29) is 0 Å². The molecule has 0 amide bonds. The maximum Gasteiger partial charge on any atom is 0.135 e. The molecule has 2 nitrogen and oxygen atoms in total. The first-order chi connectivity index (χ1) is 51.7. The Balaban J connectivity index is 1.91. The van der Waals surface area contributed by atoms with Gasteiger partial charge in [-0.05, 0) is 74.4 Å². The normalized spacial score (nSPS) is 11.7. The molecule has 0 radical (unpaired) electrons. The molecule has 0 unspecified atom stereocenters. The van der Waals surface area contributed by atoms with E-state index in [0.717, 1.165) is 72.4 Å². The third-order valence-electron chi connectivity index (χ3n) is 22.4. The Morgan fingerprint density at radius 3 is 0.663 bits per heavy atom. The smallest absolute Gasteiger partial charge is 0.135 e. The fourth-order valence-electron chi connectivity index (χ4n) is 15.4. The van der Waals surface area contributed by atoms with E-state index in [0.29, 0.717) is 0 Å². The summed E-state index contributed by atoms with van der Waals surface area (Å²) in [5.74, 6) is 21.5. The number of hydrogen-bond acceptors (Lipinski definition) is 2. The monoisotopic (exact) mass is 1430 g/mol. The molecule has 0 saturated heterocycles. The molecule has 0 N–H and O–H groups in total. The van der Waals surface area contributed by atoms with Crippen LogP contribution in [0.3, 0.4) is 0 Å². The van der Waals surface area contributed by atoms with Crippen LogP contribution in [0.5, 0.6) is 0 Å². The summed E-state index contributed by atoms with van der Waals surface area (Å²) < 4.78 is 0. The van der Waals surface area contributed by atoms with Crippen LogP contribution in [0.25, 0.3) is 0 Å². The molecule has 594 valence electrons. The van der Waals surface area contributed by atoms with E-state index in [2.05, 4.69) is 112 Å². The Labute approximate surface area is 652 Å². The van der Waals surface area contributed by atoms with Crippen molar-refractivity contribution in [2.75, 3.05) is 0 Å². The first-order valence-corrected chi connectivity index (χ1v) is 47.5. The van der Waals surface area contributed by atoms with E-state index < -0.39 is 0 Å². The fraction of sp³-hybridized carbons (Fsp3) is 0.804. The largest absolute Gasteiger partial charge is 0.250 e. The van der Waals surface area contributed by atoms with Crippen LogP contribution in [0.15, 0.2) is 58.5 Å². The minimum absolute atomic E-state index is 0.823. The van der Waals surface area contributed by atoms with Crippen LogP contribution in [0.4, 0.5) is 11.4 Å². The standard InChI is InChI=1S/C102H176N2/c1-5-9-13-17-21-24-27-30-33-36-39-42-45-48-50-53-56-59-62-65-68-71-74-77-81-87-97-89-85-91-99(95-97)103-101(93-83-79-20-16-12-8-4)102(94-84-80-76-73-70-67-64-61-58-55-52-47-44-41-38-35-32-29-26-23-19-15-11-7-3)104-100-92-86-90-98(96-100)88-82-78-75-72-69-66-63-60-57-54-51-49-46-43-40-37-34-31-28-25-22-18-14-10-6-2/h85-86,89-92,95-96H,5-80,83,93H2,1-4H3. The third kappa shape index (κ3) is 69.0. The lowest BCUT2D eigenvalue weighted by atomic mass is 10.0. The third-order valence-corrected chi connectivity index (χ3v) is 22.4. The van der Waals surface area contributed by atoms with Crippen molar-refractivity contribution in [2.24, 2.45) is 9.98 Å². The van der Waals surface area contributed by atoms with E-state index in [4.69, 9.17) is 9.98 Å². The Kier molecular flexibility index (Phi) is 76.1. The molecule has 2 aromatic rings. The molecular weight excluding hydrogens is 1250 g/mol. The van der Waals surface area contributed by atoms with Crippen molar-refractivity contribution in [3.8, 4) is 35.5 Å². The van der Waals surface area contributed by atoms with Crippen molar-refractivity contribution < 1.29 is 0 Å². The van der Waals surface area contributed by atoms with Gasteiger partial charge < -0.3 is 0 Å². The molecule has 0 bridgehead atoms. The Morgan fingerprint density at radius 2 is 0.423 bits per heavy atom. The quantitative estimate of drug-likeness (QED) is 0.0358. The average Bonchev–Trinajstić information content (AvgIpc) is 0.859. The molecule has 104 heavy (non-hydrogen) atoms. The summed E-state index contributed by atoms with van der Waals surface area (Å²) in [6.07, 6.45) is 107. The molecule has 0 aliphatic carbocycles. The second-order valence-electron chi connectivity index (χ2n) is 32.8. The molecule has 2 heteroatoms. The van der Waals surface area contributed by atoms with Gasteiger partial charge in [0.25, 0.3) is 0 Å². The molecule has 0 saturated carbocycles. The van der Waals surface area contributed by atoms with Gasteiger partial charge in [-0.15, -0.1) is 0 Å². The van der Waals surface area contributed by atoms with Gasteiger partial charge in [-0.2, -0.15) is 0 Å². The summed E-state index contributed by atoms with van der Waals surface area (Å²) in [4.78, 5) is 10.9. The molecule has 0 fully saturated rings. The van der Waals surface area contributed by atoms with Crippen LogP contribution < -0.4 is 0 Å². The molecule has 2 rings (SSSR count). The summed E-state index contributed by atoms with van der Waals surface area (Å²) in [5.41, 5.74) is 5.80. The van der Waals surface area contributed by atoms with Gasteiger partial charge in [-0.1, -0.05) is 519 Å². The highest BCUT2D eigenvalue weighted by molar-refractivity contribution is 6.49. The SMILES string of the molecule is CCCCCCCCCCCCCCCCCCCCCCCCC#CC(=Nc1cccc(C#CCCCCCCCCCCCCCCCCCCCCCCCCC)c1)C(CCCCCCCC)=Nc1cccc(C#CCCCCCCCCCCCCCCCCCCCCCCCCC)c1. The number of rotatable bonds is 78. The highest BCUT2D eigenvalue weighted by Crippen LogP contribution is 2.24. The highest BCUT2D eigenvalue weighted by atomic mass is 14.8. The minimum Gasteiger partial charge on any atom is -0.250 e. The van der Waals surface area contributed by atoms with Crippen molar-refractivity contribution in [3.63, 3.8) is 0 Å². The van der Waals surface area contributed by atoms with Crippen molar-refractivity contribution in [1.82, 2.24) is 0 Å². The van der Waals surface area contributed by atoms with Gasteiger partial charge in [0.15, 0.2) is 0 Å². The zero-order chi connectivity index (χ0) is 73.9. The topological polar surface area (TPSA) is 24.7 Å². The number of unbranched alkanes of at least 4 members (excludes halogenated alkanes) is 73. The van der Waals surface area contributed by atoms with Crippen molar-refractivity contribution in [1.29, 1.82) is 0 Å². The van der Waals surface area contributed by atoms with Crippen molar-refractivity contribution in [2.45, 2.75) is 529 Å². The van der Waals surface area contributed by atoms with Crippen molar-refractivity contribution in [3.05, 3.63) is 59.7 Å². The summed E-state index contributed by atoms with van der Waals surface area (Å²) >= 11 is 0. The lowest BCUT2D eigenvalue weighted by molar-refractivity contribution is 0.518. The van der Waals surface area contributed by atoms with Crippen molar-refractivity contribution >= 4 is 22.8 Å². The zero-order valence-electron chi connectivity index (χ0n) is 70.7. The zero-order valence-corrected chi connectivity index (χ0v) is 70.7. The molecule has 0 heterocycles. The van der Waals surface area contributed by atoms with Gasteiger partial charge in [0.2, 0.25) is 0 Å². The predicted octanol–water partition coefficient (Wildman–Crippen LogP) is 35.7. The predicted molar refractivity (Wildman–Crippen MR) is 471 cm³/mol. The van der Waals surface area contributed by atoms with Crippen LogP contribution in [-0.2, 0) is 0 Å². The number of hydrogen-bond donors (Lipinski definition) is 0. The van der Waals surface area contributed by atoms with E-state index >= 15 is 0 Å². The summed E-state index contributed by atoms with van der Waals surface area (Å²) in [6.45, 7) is 9.25. The molecule has 0 aliphatic heterocycles. The van der Waals surface area contributed by atoms with Crippen LogP contribution in [0.1, 0.15) is 540 Å². The highest BCUT2D eigenvalue weighted by Gasteiger charge is 2.11. The average molecular weight is 1430 g/mol. The Morgan fingerprint density at radius 1 is 0.221 bits per heavy atom. The first kappa shape index (κ1) is 96.5. The minimum atomic E-state index is 0.823. The van der Waals surface area contributed by atoms with Crippen LogP contribution in [0.2, 0.25) is 0 Å². The summed E-state index contributed by atoms with van der Waals surface area (Å²) in [7, 11) is 0. The molecule has 0 atom stereocenters. The second kappa shape index (κ2) is 82.0.